The summed E-state index contributed by atoms with van der Waals surface area (Å²) in [7, 11) is 1.53. The smallest absolute Gasteiger partial charge is 0.263 e. The van der Waals surface area contributed by atoms with Crippen molar-refractivity contribution < 1.29 is 9.59 Å². The molecule has 1 aliphatic heterocycles. The van der Waals surface area contributed by atoms with E-state index >= 15 is 0 Å². The van der Waals surface area contributed by atoms with E-state index in [4.69, 9.17) is 0 Å². The van der Waals surface area contributed by atoms with Gasteiger partial charge >= 0.3 is 0 Å². The molecule has 0 radical (unpaired) electrons. The number of carbonyl (C=O) groups is 2. The maximum atomic E-state index is 13.0. The van der Waals surface area contributed by atoms with Crippen LogP contribution in [-0.4, -0.2) is 33.3 Å². The number of amides is 2. The zero-order valence-corrected chi connectivity index (χ0v) is 16.7. The molecule has 3 aromatic carbocycles. The summed E-state index contributed by atoms with van der Waals surface area (Å²) in [5.74, 6) is -0.535. The predicted octanol–water partition coefficient (Wildman–Crippen LogP) is 5.07. The lowest BCUT2D eigenvalue weighted by molar-refractivity contribution is 0.0693. The van der Waals surface area contributed by atoms with Gasteiger partial charge in [0.25, 0.3) is 11.8 Å². The highest BCUT2D eigenvalue weighted by molar-refractivity contribution is 6.23. The molecule has 2 amide bonds. The molecule has 0 N–H and O–H groups in total. The Kier molecular flexibility index (Phi) is 3.62. The molecule has 5 heteroatoms. The quantitative estimate of drug-likeness (QED) is 0.387. The molecular formula is C26H17N3O2. The second kappa shape index (κ2) is 6.37. The van der Waals surface area contributed by atoms with Crippen molar-refractivity contribution in [1.82, 2.24) is 14.5 Å². The highest BCUT2D eigenvalue weighted by atomic mass is 16.2. The number of para-hydroxylation sites is 1. The fourth-order valence-corrected chi connectivity index (χ4v) is 4.52. The summed E-state index contributed by atoms with van der Waals surface area (Å²) in [6.45, 7) is 0. The van der Waals surface area contributed by atoms with Gasteiger partial charge in [-0.1, -0.05) is 36.4 Å². The summed E-state index contributed by atoms with van der Waals surface area (Å²) in [5, 5.41) is 2.19. The van der Waals surface area contributed by atoms with E-state index in [1.807, 2.05) is 42.5 Å². The monoisotopic (exact) mass is 403 g/mol. The average Bonchev–Trinajstić information content (AvgIpc) is 3.26. The largest absolute Gasteiger partial charge is 0.308 e. The molecule has 0 unspecified atom stereocenters. The van der Waals surface area contributed by atoms with Gasteiger partial charge in [-0.25, -0.2) is 0 Å². The lowest BCUT2D eigenvalue weighted by atomic mass is 10.0. The molecule has 1 aliphatic rings. The van der Waals surface area contributed by atoms with Crippen molar-refractivity contribution >= 4 is 33.6 Å². The van der Waals surface area contributed by atoms with Gasteiger partial charge in [0.15, 0.2) is 0 Å². The van der Waals surface area contributed by atoms with Gasteiger partial charge in [0.05, 0.1) is 27.8 Å². The number of nitrogens with zero attached hydrogens (tertiary/aromatic N) is 3. The lowest BCUT2D eigenvalue weighted by Crippen LogP contribution is -2.24. The zero-order chi connectivity index (χ0) is 21.1. The molecule has 5 aromatic rings. The van der Waals surface area contributed by atoms with E-state index in [1.54, 1.807) is 18.5 Å². The molecule has 31 heavy (non-hydrogen) atoms. The summed E-state index contributed by atoms with van der Waals surface area (Å²) < 4.78 is 2.10. The van der Waals surface area contributed by atoms with E-state index in [1.165, 1.54) is 11.9 Å². The van der Waals surface area contributed by atoms with E-state index in [0.717, 1.165) is 38.6 Å². The van der Waals surface area contributed by atoms with E-state index < -0.39 is 0 Å². The predicted molar refractivity (Wildman–Crippen MR) is 120 cm³/mol. The molecule has 6 rings (SSSR count). The summed E-state index contributed by atoms with van der Waals surface area (Å²) in [4.78, 5) is 30.9. The molecule has 0 bridgehead atoms. The van der Waals surface area contributed by atoms with Crippen molar-refractivity contribution in [2.45, 2.75) is 0 Å². The summed E-state index contributed by atoms with van der Waals surface area (Å²) in [6, 6.07) is 23.9. The number of imide groups is 1. The maximum absolute atomic E-state index is 13.0. The Morgan fingerprint density at radius 3 is 2.32 bits per heavy atom. The standard InChI is InChI=1S/C26H17N3O2/c1-28-25(30)20-6-4-8-22(24(20)26(28)31)29-21-7-3-2-5-18(21)19-10-9-17(15-23(19)29)16-11-13-27-14-12-16/h2-15H,1H3. The van der Waals surface area contributed by atoms with Crippen molar-refractivity contribution in [3.05, 3.63) is 96.3 Å². The Bertz CT molecular complexity index is 1530. The number of pyridine rings is 1. The molecule has 2 aromatic heterocycles. The Hall–Kier alpha value is -4.25. The van der Waals surface area contributed by atoms with E-state index in [9.17, 15) is 9.59 Å². The number of fused-ring (bicyclic) bond motifs is 4. The molecule has 148 valence electrons. The summed E-state index contributed by atoms with van der Waals surface area (Å²) >= 11 is 0. The van der Waals surface area contributed by atoms with Crippen LogP contribution in [0.1, 0.15) is 20.7 Å². The molecular weight excluding hydrogens is 386 g/mol. The fourth-order valence-electron chi connectivity index (χ4n) is 4.52. The van der Waals surface area contributed by atoms with Crippen LogP contribution in [0.2, 0.25) is 0 Å². The van der Waals surface area contributed by atoms with Crippen LogP contribution < -0.4 is 0 Å². The van der Waals surface area contributed by atoms with Crippen LogP contribution in [0, 0.1) is 0 Å². The molecule has 0 fully saturated rings. The Balaban J connectivity index is 1.73. The Morgan fingerprint density at radius 2 is 1.48 bits per heavy atom. The van der Waals surface area contributed by atoms with Crippen molar-refractivity contribution in [1.29, 1.82) is 0 Å². The molecule has 3 heterocycles. The van der Waals surface area contributed by atoms with Crippen molar-refractivity contribution in [3.63, 3.8) is 0 Å². The second-order valence-corrected chi connectivity index (χ2v) is 7.69. The van der Waals surface area contributed by atoms with Crippen LogP contribution in [-0.2, 0) is 0 Å². The number of carbonyl (C=O) groups excluding carboxylic acids is 2. The first-order chi connectivity index (χ1) is 15.1. The van der Waals surface area contributed by atoms with Gasteiger partial charge in [-0.15, -0.1) is 0 Å². The third-order valence-electron chi connectivity index (χ3n) is 6.02. The van der Waals surface area contributed by atoms with Crippen LogP contribution in [0.25, 0.3) is 38.6 Å². The minimum absolute atomic E-state index is 0.264. The minimum Gasteiger partial charge on any atom is -0.308 e. The van der Waals surface area contributed by atoms with Gasteiger partial charge in [0.1, 0.15) is 0 Å². The van der Waals surface area contributed by atoms with Crippen LogP contribution >= 0.6 is 0 Å². The lowest BCUT2D eigenvalue weighted by Gasteiger charge is -2.12. The van der Waals surface area contributed by atoms with Gasteiger partial charge in [-0.2, -0.15) is 0 Å². The Labute approximate surface area is 178 Å². The van der Waals surface area contributed by atoms with Gasteiger partial charge in [0, 0.05) is 30.2 Å². The summed E-state index contributed by atoms with van der Waals surface area (Å²) in [6.07, 6.45) is 3.55. The third kappa shape index (κ3) is 2.40. The fraction of sp³-hybridized carbons (Fsp3) is 0.0385. The van der Waals surface area contributed by atoms with E-state index in [0.29, 0.717) is 11.1 Å². The number of aromatic nitrogens is 2. The zero-order valence-electron chi connectivity index (χ0n) is 16.7. The normalized spacial score (nSPS) is 13.4. The van der Waals surface area contributed by atoms with Crippen molar-refractivity contribution in [2.24, 2.45) is 0 Å². The first-order valence-corrected chi connectivity index (χ1v) is 10.0. The third-order valence-corrected chi connectivity index (χ3v) is 6.02. The van der Waals surface area contributed by atoms with Crippen LogP contribution in [0.4, 0.5) is 0 Å². The van der Waals surface area contributed by atoms with Crippen molar-refractivity contribution in [2.75, 3.05) is 7.05 Å². The van der Waals surface area contributed by atoms with E-state index in [2.05, 4.69) is 33.8 Å². The molecule has 0 aliphatic carbocycles. The van der Waals surface area contributed by atoms with Crippen molar-refractivity contribution in [3.8, 4) is 16.8 Å². The second-order valence-electron chi connectivity index (χ2n) is 7.69. The highest BCUT2D eigenvalue weighted by Gasteiger charge is 2.35. The first-order valence-electron chi connectivity index (χ1n) is 10.0. The van der Waals surface area contributed by atoms with Crippen LogP contribution in [0.3, 0.4) is 0 Å². The number of hydrogen-bond acceptors (Lipinski definition) is 3. The van der Waals surface area contributed by atoms with Crippen LogP contribution in [0.5, 0.6) is 0 Å². The van der Waals surface area contributed by atoms with Crippen LogP contribution in [0.15, 0.2) is 85.2 Å². The molecule has 0 spiro atoms. The number of hydrogen-bond donors (Lipinski definition) is 0. The maximum Gasteiger partial charge on any atom is 0.263 e. The van der Waals surface area contributed by atoms with E-state index in [-0.39, 0.29) is 11.8 Å². The number of benzene rings is 3. The SMILES string of the molecule is CN1C(=O)c2cccc(-n3c4ccccc4c4ccc(-c5ccncc5)cc43)c2C1=O. The first kappa shape index (κ1) is 17.6. The Morgan fingerprint density at radius 1 is 0.710 bits per heavy atom. The van der Waals surface area contributed by atoms with Gasteiger partial charge in [-0.3, -0.25) is 19.5 Å². The van der Waals surface area contributed by atoms with Gasteiger partial charge in [-0.05, 0) is 47.5 Å². The molecule has 0 saturated carbocycles. The topological polar surface area (TPSA) is 55.2 Å². The molecule has 0 atom stereocenters. The molecule has 5 nitrogen and oxygen atoms in total. The van der Waals surface area contributed by atoms with Gasteiger partial charge in [0.2, 0.25) is 0 Å². The minimum atomic E-state index is -0.271. The average molecular weight is 403 g/mol. The highest BCUT2D eigenvalue weighted by Crippen LogP contribution is 2.37. The molecule has 0 saturated heterocycles. The van der Waals surface area contributed by atoms with Gasteiger partial charge < -0.3 is 4.57 Å². The number of rotatable bonds is 2. The summed E-state index contributed by atoms with van der Waals surface area (Å²) in [5.41, 5.74) is 5.72.